The minimum absolute atomic E-state index is 0. The molecule has 0 bridgehead atoms. The fourth-order valence-corrected chi connectivity index (χ4v) is 4.63. The molecule has 0 unspecified atom stereocenters. The number of hydrogen-bond donors (Lipinski definition) is 0. The minimum Gasteiger partial charge on any atom is -0.465 e. The number of oxazole rings is 2. The van der Waals surface area contributed by atoms with Crippen LogP contribution in [-0.2, 0) is 21.5 Å². The molecule has 0 aromatic carbocycles. The Bertz CT molecular complexity index is 960. The predicted molar refractivity (Wildman–Crippen MR) is 120 cm³/mol. The van der Waals surface area contributed by atoms with Gasteiger partial charge in [0, 0.05) is 16.8 Å². The molecular formula is C19H19CoI2N3O4. The van der Waals surface area contributed by atoms with E-state index in [1.54, 1.807) is 12.5 Å². The molecule has 0 aliphatic carbocycles. The van der Waals surface area contributed by atoms with Gasteiger partial charge >= 0.3 is 5.97 Å². The molecule has 1 radical (unpaired) electrons. The summed E-state index contributed by atoms with van der Waals surface area (Å²) in [4.78, 5) is 26.2. The molecular weight excluding hydrogens is 647 g/mol. The van der Waals surface area contributed by atoms with Crippen LogP contribution in [0, 0.1) is 7.14 Å². The van der Waals surface area contributed by atoms with Gasteiger partial charge in [-0.3, -0.25) is 0 Å². The summed E-state index contributed by atoms with van der Waals surface area (Å²) in [5, 5.41) is 0. The first-order valence-electron chi connectivity index (χ1n) is 8.63. The Morgan fingerprint density at radius 2 is 1.31 bits per heavy atom. The van der Waals surface area contributed by atoms with Gasteiger partial charge in [-0.1, -0.05) is 27.7 Å². The fourth-order valence-electron chi connectivity index (χ4n) is 2.43. The minimum atomic E-state index is -0.468. The van der Waals surface area contributed by atoms with E-state index in [1.165, 1.54) is 7.11 Å². The topological polar surface area (TPSA) is 91.2 Å². The largest absolute Gasteiger partial charge is 0.465 e. The van der Waals surface area contributed by atoms with Crippen molar-refractivity contribution in [2.75, 3.05) is 7.11 Å². The fraction of sp³-hybridized carbons (Fsp3) is 0.368. The summed E-state index contributed by atoms with van der Waals surface area (Å²) in [5.41, 5.74) is 2.91. The van der Waals surface area contributed by atoms with Gasteiger partial charge in [0.2, 0.25) is 11.8 Å². The van der Waals surface area contributed by atoms with Gasteiger partial charge in [-0.05, 0) is 57.0 Å². The normalized spacial score (nSPS) is 11.1. The van der Waals surface area contributed by atoms with Gasteiger partial charge in [0.15, 0.2) is 0 Å². The average molecular weight is 666 g/mol. The smallest absolute Gasteiger partial charge is 0.340 e. The van der Waals surface area contributed by atoms with E-state index in [9.17, 15) is 4.79 Å². The van der Waals surface area contributed by atoms with Crippen LogP contribution < -0.4 is 0 Å². The van der Waals surface area contributed by atoms with Crippen molar-refractivity contribution in [1.82, 2.24) is 15.0 Å². The van der Waals surface area contributed by atoms with Crippen LogP contribution in [0.1, 0.15) is 61.3 Å². The molecule has 0 aliphatic heterocycles. The summed E-state index contributed by atoms with van der Waals surface area (Å²) in [5.74, 6) is 0.626. The monoisotopic (exact) mass is 666 g/mol. The number of esters is 1. The first-order chi connectivity index (χ1) is 13.2. The summed E-state index contributed by atoms with van der Waals surface area (Å²) in [6, 6.07) is 0. The number of nitrogens with zero attached hydrogens (tertiary/aromatic N) is 3. The third-order valence-corrected chi connectivity index (χ3v) is 6.20. The molecule has 3 heterocycles. The van der Waals surface area contributed by atoms with E-state index in [-0.39, 0.29) is 28.6 Å². The van der Waals surface area contributed by atoms with Crippen LogP contribution in [0.15, 0.2) is 21.4 Å². The molecule has 0 amide bonds. The van der Waals surface area contributed by atoms with Gasteiger partial charge in [-0.15, -0.1) is 0 Å². The summed E-state index contributed by atoms with van der Waals surface area (Å²) in [7, 11) is 1.35. The number of carbonyl (C=O) groups is 1. The van der Waals surface area contributed by atoms with E-state index >= 15 is 0 Å². The maximum absolute atomic E-state index is 12.5. The molecule has 0 saturated carbocycles. The van der Waals surface area contributed by atoms with Crippen LogP contribution in [0.25, 0.3) is 23.2 Å². The zero-order valence-corrected chi connectivity index (χ0v) is 21.7. The second-order valence-electron chi connectivity index (χ2n) is 6.77. The van der Waals surface area contributed by atoms with E-state index in [4.69, 9.17) is 18.6 Å². The molecule has 0 saturated heterocycles. The average Bonchev–Trinajstić information content (AvgIpc) is 3.31. The number of carbonyl (C=O) groups excluding carboxylic acids is 1. The van der Waals surface area contributed by atoms with Crippen molar-refractivity contribution in [1.29, 1.82) is 0 Å². The van der Waals surface area contributed by atoms with Gasteiger partial charge in [0.1, 0.15) is 23.9 Å². The molecule has 0 N–H and O–H groups in total. The van der Waals surface area contributed by atoms with Gasteiger partial charge < -0.3 is 13.6 Å². The van der Waals surface area contributed by atoms with E-state index < -0.39 is 5.97 Å². The molecule has 7 nitrogen and oxygen atoms in total. The molecule has 3 aromatic rings. The Morgan fingerprint density at radius 1 is 0.897 bits per heavy atom. The zero-order chi connectivity index (χ0) is 20.6. The number of hydrogen-bond acceptors (Lipinski definition) is 7. The van der Waals surface area contributed by atoms with Crippen molar-refractivity contribution in [3.05, 3.63) is 36.6 Å². The summed E-state index contributed by atoms with van der Waals surface area (Å²) in [6.45, 7) is 8.11. The number of ether oxygens (including phenoxy) is 1. The molecule has 0 spiro atoms. The first-order valence-corrected chi connectivity index (χ1v) is 10.8. The molecule has 3 aromatic heterocycles. The molecule has 10 heteroatoms. The van der Waals surface area contributed by atoms with Crippen LogP contribution in [-0.4, -0.2) is 28.0 Å². The number of halogens is 2. The molecule has 0 fully saturated rings. The molecule has 3 rings (SSSR count). The number of pyridine rings is 1. The Kier molecular flexibility index (Phi) is 8.27. The van der Waals surface area contributed by atoms with Gasteiger partial charge in [-0.25, -0.2) is 19.7 Å². The maximum atomic E-state index is 12.5. The number of rotatable bonds is 5. The predicted octanol–water partition coefficient (Wildman–Crippen LogP) is 5.63. The third-order valence-electron chi connectivity index (χ3n) is 4.10. The Hall–Kier alpha value is -0.994. The second kappa shape index (κ2) is 9.88. The van der Waals surface area contributed by atoms with Gasteiger partial charge in [0.25, 0.3) is 0 Å². The Labute approximate surface area is 206 Å². The molecule has 157 valence electrons. The van der Waals surface area contributed by atoms with Crippen molar-refractivity contribution >= 4 is 51.2 Å². The number of methoxy groups -OCH3 is 1. The van der Waals surface area contributed by atoms with Gasteiger partial charge in [-0.2, -0.15) is 0 Å². The SMILES string of the molecule is COC(=O)c1c(I)c(-c2nc(C(C)C)co2)nc(-c2nc(C(C)C)co2)c1I.[Co]. The second-order valence-corrected chi connectivity index (χ2v) is 8.93. The third kappa shape index (κ3) is 4.85. The van der Waals surface area contributed by atoms with Crippen LogP contribution in [0.4, 0.5) is 0 Å². The summed E-state index contributed by atoms with van der Waals surface area (Å²) in [6.07, 6.45) is 3.21. The summed E-state index contributed by atoms with van der Waals surface area (Å²) < 4.78 is 17.5. The van der Waals surface area contributed by atoms with Crippen molar-refractivity contribution in [3.63, 3.8) is 0 Å². The van der Waals surface area contributed by atoms with Crippen LogP contribution >= 0.6 is 45.2 Å². The standard InChI is InChI=1S/C19H19I2N3O4.Co/c1-8(2)10-6-27-17(22-10)15-13(20)12(19(25)26-5)14(21)16(24-15)18-23-11(7-28-18)9(3)4;/h6-9H,1-5H3;. The quantitative estimate of drug-likeness (QED) is 0.258. The molecule has 29 heavy (non-hydrogen) atoms. The molecule has 0 aliphatic rings. The van der Waals surface area contributed by atoms with E-state index in [2.05, 4.69) is 55.1 Å². The molecule has 0 atom stereocenters. The summed E-state index contributed by atoms with van der Waals surface area (Å²) >= 11 is 4.14. The van der Waals surface area contributed by atoms with E-state index in [1.807, 2.05) is 27.7 Å². The zero-order valence-electron chi connectivity index (χ0n) is 16.4. The van der Waals surface area contributed by atoms with Crippen molar-refractivity contribution in [2.45, 2.75) is 39.5 Å². The van der Waals surface area contributed by atoms with Crippen molar-refractivity contribution in [3.8, 4) is 23.2 Å². The Morgan fingerprint density at radius 3 is 1.62 bits per heavy atom. The first kappa shape index (κ1) is 24.3. The van der Waals surface area contributed by atoms with Gasteiger partial charge in [0.05, 0.1) is 31.2 Å². The van der Waals surface area contributed by atoms with Crippen molar-refractivity contribution < 1.29 is 35.1 Å². The van der Waals surface area contributed by atoms with E-state index in [0.29, 0.717) is 35.9 Å². The van der Waals surface area contributed by atoms with Crippen LogP contribution in [0.2, 0.25) is 0 Å². The van der Waals surface area contributed by atoms with Crippen molar-refractivity contribution in [2.24, 2.45) is 0 Å². The number of aromatic nitrogens is 3. The maximum Gasteiger partial charge on any atom is 0.340 e. The van der Waals surface area contributed by atoms with Crippen LogP contribution in [0.5, 0.6) is 0 Å². The Balaban J connectivity index is 0.00000300. The van der Waals surface area contributed by atoms with E-state index in [0.717, 1.165) is 11.4 Å². The van der Waals surface area contributed by atoms with Crippen LogP contribution in [0.3, 0.4) is 0 Å².